The van der Waals surface area contributed by atoms with Gasteiger partial charge in [0.05, 0.1) is 4.47 Å². The van der Waals surface area contributed by atoms with Crippen molar-refractivity contribution in [2.45, 2.75) is 19.8 Å². The first-order chi connectivity index (χ1) is 6.52. The molecule has 0 spiro atoms. The molecule has 1 aromatic rings. The van der Waals surface area contributed by atoms with Crippen molar-refractivity contribution in [3.05, 3.63) is 33.5 Å². The van der Waals surface area contributed by atoms with Crippen molar-refractivity contribution >= 4 is 21.9 Å². The fraction of sp³-hybridized carbons (Fsp3) is 0.300. The van der Waals surface area contributed by atoms with Gasteiger partial charge in [-0.15, -0.1) is 0 Å². The lowest BCUT2D eigenvalue weighted by Gasteiger charge is -2.06. The van der Waals surface area contributed by atoms with Crippen molar-refractivity contribution in [2.24, 2.45) is 0 Å². The van der Waals surface area contributed by atoms with Crippen molar-refractivity contribution in [3.8, 4) is 0 Å². The summed E-state index contributed by atoms with van der Waals surface area (Å²) in [4.78, 5) is 10.3. The molecule has 1 rings (SSSR count). The van der Waals surface area contributed by atoms with Gasteiger partial charge in [0, 0.05) is 6.42 Å². The average molecular weight is 261 g/mol. The molecule has 0 aliphatic heterocycles. The van der Waals surface area contributed by atoms with E-state index in [1.807, 2.05) is 0 Å². The summed E-state index contributed by atoms with van der Waals surface area (Å²) in [6.07, 6.45) is 0.499. The predicted octanol–water partition coefficient (Wildman–Crippen LogP) is 2.91. The van der Waals surface area contributed by atoms with Crippen LogP contribution in [0.25, 0.3) is 0 Å². The van der Waals surface area contributed by atoms with Crippen molar-refractivity contribution < 1.29 is 14.3 Å². The summed E-state index contributed by atoms with van der Waals surface area (Å²) in [7, 11) is 0. The Morgan fingerprint density at radius 2 is 2.21 bits per heavy atom. The molecule has 1 aromatic carbocycles. The number of carbonyl (C=O) groups is 1. The second kappa shape index (κ2) is 4.55. The van der Waals surface area contributed by atoms with E-state index in [0.717, 1.165) is 11.1 Å². The molecule has 76 valence electrons. The molecule has 0 unspecified atom stereocenters. The minimum Gasteiger partial charge on any atom is -0.481 e. The van der Waals surface area contributed by atoms with Crippen LogP contribution < -0.4 is 0 Å². The van der Waals surface area contributed by atoms with Crippen LogP contribution in [0, 0.1) is 12.7 Å². The van der Waals surface area contributed by atoms with Gasteiger partial charge in [0.1, 0.15) is 5.82 Å². The van der Waals surface area contributed by atoms with Gasteiger partial charge in [-0.05, 0) is 46.5 Å². The Hall–Kier alpha value is -0.900. The minimum atomic E-state index is -0.843. The number of aliphatic carboxylic acids is 1. The molecule has 0 amide bonds. The maximum Gasteiger partial charge on any atom is 0.303 e. The van der Waals surface area contributed by atoms with Crippen LogP contribution in [0.1, 0.15) is 17.5 Å². The molecule has 0 radical (unpaired) electrons. The normalized spacial score (nSPS) is 10.2. The van der Waals surface area contributed by atoms with E-state index in [-0.39, 0.29) is 12.2 Å². The summed E-state index contributed by atoms with van der Waals surface area (Å²) in [5.74, 6) is -1.16. The third kappa shape index (κ3) is 2.54. The largest absolute Gasteiger partial charge is 0.481 e. The van der Waals surface area contributed by atoms with Crippen molar-refractivity contribution in [1.29, 1.82) is 0 Å². The summed E-state index contributed by atoms with van der Waals surface area (Å²) in [5, 5.41) is 8.50. The molecule has 0 heterocycles. The predicted molar refractivity (Wildman–Crippen MR) is 54.8 cm³/mol. The highest BCUT2D eigenvalue weighted by Gasteiger charge is 2.08. The molecule has 14 heavy (non-hydrogen) atoms. The van der Waals surface area contributed by atoms with Crippen LogP contribution >= 0.6 is 15.9 Å². The van der Waals surface area contributed by atoms with Crippen molar-refractivity contribution in [2.75, 3.05) is 0 Å². The maximum atomic E-state index is 13.0. The van der Waals surface area contributed by atoms with Crippen LogP contribution in [0.3, 0.4) is 0 Å². The fourth-order valence-corrected chi connectivity index (χ4v) is 1.59. The number of hydrogen-bond acceptors (Lipinski definition) is 1. The zero-order chi connectivity index (χ0) is 10.7. The topological polar surface area (TPSA) is 37.3 Å². The van der Waals surface area contributed by atoms with Crippen LogP contribution in [-0.2, 0) is 11.2 Å². The lowest BCUT2D eigenvalue weighted by molar-refractivity contribution is -0.136. The van der Waals surface area contributed by atoms with Gasteiger partial charge >= 0.3 is 5.97 Å². The number of rotatable bonds is 3. The summed E-state index contributed by atoms with van der Waals surface area (Å²) < 4.78 is 13.4. The molecule has 0 aliphatic rings. The highest BCUT2D eigenvalue weighted by atomic mass is 79.9. The smallest absolute Gasteiger partial charge is 0.303 e. The monoisotopic (exact) mass is 260 g/mol. The Labute approximate surface area is 89.9 Å². The molecule has 0 saturated heterocycles. The minimum absolute atomic E-state index is 0.0684. The summed E-state index contributed by atoms with van der Waals surface area (Å²) in [5.41, 5.74) is 1.63. The van der Waals surface area contributed by atoms with Gasteiger partial charge in [-0.3, -0.25) is 4.79 Å². The second-order valence-corrected chi connectivity index (χ2v) is 3.83. The third-order valence-corrected chi connectivity index (χ3v) is 3.03. The van der Waals surface area contributed by atoms with Crippen molar-refractivity contribution in [3.63, 3.8) is 0 Å². The maximum absolute atomic E-state index is 13.0. The Morgan fingerprint density at radius 1 is 1.57 bits per heavy atom. The van der Waals surface area contributed by atoms with E-state index in [1.54, 1.807) is 13.0 Å². The molecule has 0 aromatic heterocycles. The third-order valence-electron chi connectivity index (χ3n) is 2.06. The van der Waals surface area contributed by atoms with Crippen molar-refractivity contribution in [1.82, 2.24) is 0 Å². The van der Waals surface area contributed by atoms with Gasteiger partial charge < -0.3 is 5.11 Å². The standard InChI is InChI=1S/C10H10BrFO2/c1-6-7(3-5-9(13)14)2-4-8(12)10(6)11/h2,4H,3,5H2,1H3,(H,13,14). The number of benzene rings is 1. The van der Waals surface area contributed by atoms with E-state index >= 15 is 0 Å². The van der Waals surface area contributed by atoms with Gasteiger partial charge in [-0.2, -0.15) is 0 Å². The highest BCUT2D eigenvalue weighted by Crippen LogP contribution is 2.23. The molecule has 0 atom stereocenters. The molecule has 4 heteroatoms. The molecular formula is C10H10BrFO2. The Balaban J connectivity index is 2.88. The molecule has 0 bridgehead atoms. The molecule has 2 nitrogen and oxygen atoms in total. The van der Waals surface area contributed by atoms with Gasteiger partial charge in [0.25, 0.3) is 0 Å². The van der Waals surface area contributed by atoms with Crippen LogP contribution in [0.2, 0.25) is 0 Å². The van der Waals surface area contributed by atoms with Crippen LogP contribution in [0.4, 0.5) is 4.39 Å². The average Bonchev–Trinajstić information content (AvgIpc) is 2.13. The number of aryl methyl sites for hydroxylation is 1. The van der Waals surface area contributed by atoms with Gasteiger partial charge in [0.15, 0.2) is 0 Å². The molecular weight excluding hydrogens is 251 g/mol. The number of carboxylic acid groups (broad SMARTS) is 1. The quantitative estimate of drug-likeness (QED) is 0.908. The Kier molecular flexibility index (Phi) is 3.63. The first-order valence-corrected chi connectivity index (χ1v) is 4.97. The van der Waals surface area contributed by atoms with Gasteiger partial charge in [0.2, 0.25) is 0 Å². The first kappa shape index (κ1) is 11.2. The summed E-state index contributed by atoms with van der Waals surface area (Å²) >= 11 is 3.11. The number of halogens is 2. The zero-order valence-electron chi connectivity index (χ0n) is 7.68. The zero-order valence-corrected chi connectivity index (χ0v) is 9.27. The highest BCUT2D eigenvalue weighted by molar-refractivity contribution is 9.10. The molecule has 0 aliphatic carbocycles. The van der Waals surface area contributed by atoms with Crippen LogP contribution in [0.15, 0.2) is 16.6 Å². The fourth-order valence-electron chi connectivity index (χ4n) is 1.20. The van der Waals surface area contributed by atoms with E-state index in [9.17, 15) is 9.18 Å². The van der Waals surface area contributed by atoms with E-state index in [1.165, 1.54) is 6.07 Å². The SMILES string of the molecule is Cc1c(CCC(=O)O)ccc(F)c1Br. The molecule has 1 N–H and O–H groups in total. The number of hydrogen-bond donors (Lipinski definition) is 1. The van der Waals surface area contributed by atoms with Gasteiger partial charge in [-0.25, -0.2) is 4.39 Å². The van der Waals surface area contributed by atoms with E-state index in [2.05, 4.69) is 15.9 Å². The Bertz CT molecular complexity index is 363. The lowest BCUT2D eigenvalue weighted by Crippen LogP contribution is -2.00. The van der Waals surface area contributed by atoms with Crippen LogP contribution in [0.5, 0.6) is 0 Å². The summed E-state index contributed by atoms with van der Waals surface area (Å²) in [6, 6.07) is 2.96. The number of carboxylic acids is 1. The first-order valence-electron chi connectivity index (χ1n) is 4.17. The second-order valence-electron chi connectivity index (χ2n) is 3.04. The van der Waals surface area contributed by atoms with Crippen LogP contribution in [-0.4, -0.2) is 11.1 Å². The molecule has 0 saturated carbocycles. The lowest BCUT2D eigenvalue weighted by atomic mass is 10.0. The van der Waals surface area contributed by atoms with E-state index < -0.39 is 5.97 Å². The van der Waals surface area contributed by atoms with E-state index in [4.69, 9.17) is 5.11 Å². The Morgan fingerprint density at radius 3 is 2.79 bits per heavy atom. The van der Waals surface area contributed by atoms with E-state index in [0.29, 0.717) is 10.9 Å². The summed E-state index contributed by atoms with van der Waals surface area (Å²) in [6.45, 7) is 1.77. The van der Waals surface area contributed by atoms with Gasteiger partial charge in [-0.1, -0.05) is 6.07 Å². The molecule has 0 fully saturated rings.